The fourth-order valence-corrected chi connectivity index (χ4v) is 2.01. The molecule has 0 atom stereocenters. The van der Waals surface area contributed by atoms with E-state index in [1.165, 1.54) is 30.3 Å². The summed E-state index contributed by atoms with van der Waals surface area (Å²) in [6.45, 7) is 0. The van der Waals surface area contributed by atoms with E-state index in [1.54, 1.807) is 0 Å². The second-order valence-electron chi connectivity index (χ2n) is 4.45. The number of phenolic OH excluding ortho intramolecular Hbond substituents is 2. The number of rotatable bonds is 3. The number of non-ortho nitro benzene ring substituents is 1. The standard InChI is InChI=1S/C13H8N4O5/c18-9-5-8(12(19)10-11(9)15-16-13(10)20)14-6-1-3-7(4-2-6)17(21)22/h1-5,14,18-19H. The maximum atomic E-state index is 11.5. The highest BCUT2D eigenvalue weighted by atomic mass is 16.6. The Hall–Kier alpha value is -3.49. The molecule has 9 heteroatoms. The summed E-state index contributed by atoms with van der Waals surface area (Å²) in [5.41, 5.74) is 0.130. The summed E-state index contributed by atoms with van der Waals surface area (Å²) >= 11 is 0. The number of carbonyl (C=O) groups is 1. The van der Waals surface area contributed by atoms with Crippen LogP contribution >= 0.6 is 0 Å². The van der Waals surface area contributed by atoms with Crippen LogP contribution in [0.2, 0.25) is 0 Å². The lowest BCUT2D eigenvalue weighted by Gasteiger charge is -2.11. The highest BCUT2D eigenvalue weighted by molar-refractivity contribution is 6.07. The minimum absolute atomic E-state index is 0.0609. The number of hydrogen-bond acceptors (Lipinski definition) is 7. The molecule has 110 valence electrons. The average molecular weight is 300 g/mol. The zero-order chi connectivity index (χ0) is 15.9. The smallest absolute Gasteiger partial charge is 0.301 e. The molecule has 1 aliphatic rings. The number of azo groups is 1. The van der Waals surface area contributed by atoms with Gasteiger partial charge in [-0.15, -0.1) is 10.2 Å². The number of nitrogens with one attached hydrogen (secondary N) is 1. The van der Waals surface area contributed by atoms with Crippen LogP contribution in [0.5, 0.6) is 11.5 Å². The Labute approximate surface area is 122 Å². The van der Waals surface area contributed by atoms with Crippen molar-refractivity contribution in [2.24, 2.45) is 10.2 Å². The Bertz CT molecular complexity index is 829. The SMILES string of the molecule is O=C1N=Nc2c(O)cc(Nc3ccc([N+](=O)[O-])cc3)c(O)c21. The molecule has 0 unspecified atom stereocenters. The third kappa shape index (κ3) is 2.10. The van der Waals surface area contributed by atoms with Crippen LogP contribution in [0.15, 0.2) is 40.6 Å². The summed E-state index contributed by atoms with van der Waals surface area (Å²) < 4.78 is 0. The van der Waals surface area contributed by atoms with E-state index in [9.17, 15) is 25.1 Å². The first-order valence-electron chi connectivity index (χ1n) is 6.04. The van der Waals surface area contributed by atoms with E-state index in [0.717, 1.165) is 0 Å². The van der Waals surface area contributed by atoms with Crippen molar-refractivity contribution in [3.8, 4) is 11.5 Å². The summed E-state index contributed by atoms with van der Waals surface area (Å²) in [7, 11) is 0. The highest BCUT2D eigenvalue weighted by Gasteiger charge is 2.27. The number of carbonyl (C=O) groups excluding carboxylic acids is 1. The molecule has 2 aromatic rings. The van der Waals surface area contributed by atoms with Gasteiger partial charge < -0.3 is 15.5 Å². The van der Waals surface area contributed by atoms with Crippen molar-refractivity contribution in [3.63, 3.8) is 0 Å². The number of benzene rings is 2. The van der Waals surface area contributed by atoms with Crippen LogP contribution in [0.1, 0.15) is 10.4 Å². The molecule has 1 heterocycles. The van der Waals surface area contributed by atoms with Crippen molar-refractivity contribution in [1.82, 2.24) is 0 Å². The van der Waals surface area contributed by atoms with E-state index in [4.69, 9.17) is 0 Å². The number of phenols is 2. The third-order valence-corrected chi connectivity index (χ3v) is 3.06. The molecule has 0 saturated heterocycles. The van der Waals surface area contributed by atoms with Gasteiger partial charge >= 0.3 is 5.91 Å². The number of hydrogen-bond donors (Lipinski definition) is 3. The van der Waals surface area contributed by atoms with Crippen molar-refractivity contribution in [2.75, 3.05) is 5.32 Å². The predicted octanol–water partition coefficient (Wildman–Crippen LogP) is 2.99. The molecule has 9 nitrogen and oxygen atoms in total. The van der Waals surface area contributed by atoms with Crippen LogP contribution in [-0.4, -0.2) is 21.0 Å². The first-order chi connectivity index (χ1) is 10.5. The van der Waals surface area contributed by atoms with Crippen LogP contribution in [0.25, 0.3) is 0 Å². The van der Waals surface area contributed by atoms with Gasteiger partial charge in [0.1, 0.15) is 17.0 Å². The molecule has 1 amide bonds. The van der Waals surface area contributed by atoms with Crippen molar-refractivity contribution in [1.29, 1.82) is 0 Å². The minimum atomic E-state index is -0.754. The summed E-state index contributed by atoms with van der Waals surface area (Å²) in [5, 5.41) is 40.0. The normalized spacial score (nSPS) is 12.3. The number of nitrogens with zero attached hydrogens (tertiary/aromatic N) is 3. The van der Waals surface area contributed by atoms with E-state index < -0.39 is 16.6 Å². The molecule has 3 N–H and O–H groups in total. The number of aromatic hydroxyl groups is 2. The highest BCUT2D eigenvalue weighted by Crippen LogP contribution is 2.46. The van der Waals surface area contributed by atoms with Crippen LogP contribution < -0.4 is 5.32 Å². The molecule has 0 aromatic heterocycles. The van der Waals surface area contributed by atoms with Gasteiger partial charge in [-0.3, -0.25) is 14.9 Å². The molecule has 1 aliphatic heterocycles. The van der Waals surface area contributed by atoms with Gasteiger partial charge in [0.05, 0.1) is 10.6 Å². The van der Waals surface area contributed by atoms with Crippen molar-refractivity contribution >= 4 is 28.7 Å². The van der Waals surface area contributed by atoms with E-state index in [1.807, 2.05) is 0 Å². The summed E-state index contributed by atoms with van der Waals surface area (Å²) in [6.07, 6.45) is 0. The lowest BCUT2D eigenvalue weighted by molar-refractivity contribution is -0.384. The van der Waals surface area contributed by atoms with Crippen LogP contribution in [0.4, 0.5) is 22.7 Å². The molecular formula is C13H8N4O5. The van der Waals surface area contributed by atoms with Crippen LogP contribution in [0.3, 0.4) is 0 Å². The Morgan fingerprint density at radius 2 is 1.82 bits per heavy atom. The fraction of sp³-hybridized carbons (Fsp3) is 0. The van der Waals surface area contributed by atoms with E-state index in [0.29, 0.717) is 5.69 Å². The van der Waals surface area contributed by atoms with Gasteiger partial charge in [-0.1, -0.05) is 0 Å². The Morgan fingerprint density at radius 1 is 1.14 bits per heavy atom. The molecule has 2 aromatic carbocycles. The third-order valence-electron chi connectivity index (χ3n) is 3.06. The predicted molar refractivity (Wildman–Crippen MR) is 75.0 cm³/mol. The molecule has 3 rings (SSSR count). The minimum Gasteiger partial charge on any atom is -0.506 e. The maximum absolute atomic E-state index is 11.5. The molecular weight excluding hydrogens is 292 g/mol. The topological polar surface area (TPSA) is 137 Å². The van der Waals surface area contributed by atoms with Gasteiger partial charge in [0, 0.05) is 23.9 Å². The molecule has 0 aliphatic carbocycles. The van der Waals surface area contributed by atoms with Gasteiger partial charge in [0.25, 0.3) is 5.69 Å². The molecule has 0 fully saturated rings. The zero-order valence-corrected chi connectivity index (χ0v) is 10.8. The van der Waals surface area contributed by atoms with Gasteiger partial charge in [-0.25, -0.2) is 0 Å². The van der Waals surface area contributed by atoms with Gasteiger partial charge in [0.15, 0.2) is 5.75 Å². The number of nitro groups is 1. The maximum Gasteiger partial charge on any atom is 0.301 e. The lowest BCUT2D eigenvalue weighted by atomic mass is 10.1. The van der Waals surface area contributed by atoms with Crippen molar-refractivity contribution < 1.29 is 19.9 Å². The van der Waals surface area contributed by atoms with Crippen LogP contribution in [0, 0.1) is 10.1 Å². The fourth-order valence-electron chi connectivity index (χ4n) is 2.01. The Morgan fingerprint density at radius 3 is 2.45 bits per heavy atom. The summed E-state index contributed by atoms with van der Waals surface area (Å²) in [6, 6.07) is 6.61. The molecule has 0 bridgehead atoms. The van der Waals surface area contributed by atoms with Crippen molar-refractivity contribution in [2.45, 2.75) is 0 Å². The number of nitro benzene ring substituents is 1. The second-order valence-corrected chi connectivity index (χ2v) is 4.45. The van der Waals surface area contributed by atoms with Gasteiger partial charge in [-0.2, -0.15) is 0 Å². The Kier molecular flexibility index (Phi) is 2.95. The lowest BCUT2D eigenvalue weighted by Crippen LogP contribution is -1.96. The first kappa shape index (κ1) is 13.5. The second kappa shape index (κ2) is 4.81. The first-order valence-corrected chi connectivity index (χ1v) is 6.04. The summed E-state index contributed by atoms with van der Waals surface area (Å²) in [4.78, 5) is 21.6. The van der Waals surface area contributed by atoms with Gasteiger partial charge in [0.2, 0.25) is 0 Å². The molecule has 0 spiro atoms. The number of anilines is 2. The van der Waals surface area contributed by atoms with E-state index in [2.05, 4.69) is 15.5 Å². The largest absolute Gasteiger partial charge is 0.506 e. The Balaban J connectivity index is 1.97. The number of fused-ring (bicyclic) bond motifs is 1. The van der Waals surface area contributed by atoms with E-state index in [-0.39, 0.29) is 28.4 Å². The van der Waals surface area contributed by atoms with Crippen molar-refractivity contribution in [3.05, 3.63) is 46.0 Å². The zero-order valence-electron chi connectivity index (χ0n) is 10.8. The molecule has 22 heavy (non-hydrogen) atoms. The van der Waals surface area contributed by atoms with E-state index >= 15 is 0 Å². The quantitative estimate of drug-likeness (QED) is 0.345. The average Bonchev–Trinajstić information content (AvgIpc) is 2.88. The van der Waals surface area contributed by atoms with Gasteiger partial charge in [-0.05, 0) is 12.1 Å². The number of amides is 1. The molecule has 0 radical (unpaired) electrons. The van der Waals surface area contributed by atoms with Crippen LogP contribution in [-0.2, 0) is 0 Å². The monoisotopic (exact) mass is 300 g/mol. The molecule has 0 saturated carbocycles. The summed E-state index contributed by atoms with van der Waals surface area (Å²) in [5.74, 6) is -1.47.